The van der Waals surface area contributed by atoms with Crippen molar-refractivity contribution in [2.24, 2.45) is 11.3 Å². The number of aliphatic carboxylic acids is 1. The number of carboxylic acids is 1. The number of hydrogen-bond donors (Lipinski definition) is 2. The second-order valence-corrected chi connectivity index (χ2v) is 9.31. The lowest BCUT2D eigenvalue weighted by Gasteiger charge is -2.35. The average molecular weight is 476 g/mol. The molecular weight excluding hydrogens is 446 g/mol. The zero-order chi connectivity index (χ0) is 24.4. The Morgan fingerprint density at radius 2 is 1.86 bits per heavy atom. The third kappa shape index (κ3) is 4.71. The molecule has 0 spiro atoms. The van der Waals surface area contributed by atoms with E-state index in [9.17, 15) is 14.7 Å². The second-order valence-electron chi connectivity index (χ2n) is 9.31. The van der Waals surface area contributed by atoms with E-state index in [1.807, 2.05) is 49.4 Å². The Kier molecular flexibility index (Phi) is 6.15. The van der Waals surface area contributed by atoms with Crippen molar-refractivity contribution < 1.29 is 19.4 Å². The first-order chi connectivity index (χ1) is 17.0. The Morgan fingerprint density at radius 3 is 2.49 bits per heavy atom. The number of amides is 1. The summed E-state index contributed by atoms with van der Waals surface area (Å²) in [6.07, 6.45) is 5.72. The maximum absolute atomic E-state index is 12.4. The number of carbonyl (C=O) groups excluding carboxylic acids is 1. The van der Waals surface area contributed by atoms with E-state index in [4.69, 9.17) is 4.74 Å². The number of piperidine rings is 1. The molecule has 5 rings (SSSR count). The van der Waals surface area contributed by atoms with Crippen molar-refractivity contribution in [1.82, 2.24) is 14.8 Å². The number of anilines is 2. The van der Waals surface area contributed by atoms with Gasteiger partial charge in [0.1, 0.15) is 17.7 Å². The molecule has 9 heteroatoms. The Balaban J connectivity index is 1.20. The number of ether oxygens (including phenoxy) is 1. The lowest BCUT2D eigenvalue weighted by molar-refractivity contribution is -0.146. The zero-order valence-corrected chi connectivity index (χ0v) is 19.6. The molecule has 0 radical (unpaired) electrons. The van der Waals surface area contributed by atoms with E-state index in [0.717, 1.165) is 50.2 Å². The first-order valence-electron chi connectivity index (χ1n) is 12.0. The van der Waals surface area contributed by atoms with Crippen LogP contribution in [0.1, 0.15) is 44.3 Å². The van der Waals surface area contributed by atoms with Gasteiger partial charge in [-0.2, -0.15) is 5.10 Å². The van der Waals surface area contributed by atoms with Crippen LogP contribution in [0.3, 0.4) is 0 Å². The van der Waals surface area contributed by atoms with Crippen LogP contribution in [0.4, 0.5) is 16.4 Å². The van der Waals surface area contributed by atoms with Crippen LogP contribution in [0.2, 0.25) is 0 Å². The first-order valence-corrected chi connectivity index (χ1v) is 12.0. The number of carboxylic acid groups (broad SMARTS) is 1. The number of rotatable bonds is 7. The number of hydrogen-bond acceptors (Lipinski definition) is 6. The van der Waals surface area contributed by atoms with Gasteiger partial charge in [0.05, 0.1) is 23.5 Å². The van der Waals surface area contributed by atoms with Crippen LogP contribution in [0.15, 0.2) is 60.9 Å². The van der Waals surface area contributed by atoms with Crippen LogP contribution in [0.25, 0.3) is 5.69 Å². The molecule has 2 aromatic heterocycles. The number of aromatic nitrogens is 3. The van der Waals surface area contributed by atoms with Crippen molar-refractivity contribution in [2.45, 2.75) is 38.7 Å². The van der Waals surface area contributed by atoms with E-state index in [2.05, 4.69) is 20.3 Å². The predicted molar refractivity (Wildman–Crippen MR) is 131 cm³/mol. The molecular formula is C26H29N5O4. The average Bonchev–Trinajstić information content (AvgIpc) is 3.58. The van der Waals surface area contributed by atoms with Gasteiger partial charge in [-0.3, -0.25) is 10.1 Å². The Hall–Kier alpha value is -3.88. The summed E-state index contributed by atoms with van der Waals surface area (Å²) in [5.74, 6) is 0.942. The number of benzene rings is 1. The minimum Gasteiger partial charge on any atom is -0.481 e. The summed E-state index contributed by atoms with van der Waals surface area (Å²) < 4.78 is 7.10. The van der Waals surface area contributed by atoms with Gasteiger partial charge in [0.25, 0.3) is 0 Å². The zero-order valence-electron chi connectivity index (χ0n) is 19.6. The third-order valence-electron chi connectivity index (χ3n) is 7.22. The highest BCUT2D eigenvalue weighted by Gasteiger charge is 2.56. The van der Waals surface area contributed by atoms with Crippen molar-refractivity contribution in [3.05, 3.63) is 66.5 Å². The molecule has 1 unspecified atom stereocenters. The summed E-state index contributed by atoms with van der Waals surface area (Å²) in [5.41, 5.74) is 1.14. The molecule has 3 heterocycles. The van der Waals surface area contributed by atoms with Crippen molar-refractivity contribution in [3.63, 3.8) is 0 Å². The standard InChI is InChI=1S/C26H29N5O4/c1-18(19-5-3-2-4-6-19)35-25(34)29-23-9-14-28-31(23)21-7-8-22(27-17-21)30-15-10-20(11-16-30)26(12-13-26)24(32)33/h2-9,14,17-18,20H,10-13,15-16H2,1H3,(H,29,34)(H,32,33). The molecule has 35 heavy (non-hydrogen) atoms. The molecule has 1 saturated heterocycles. The fourth-order valence-electron chi connectivity index (χ4n) is 4.97. The van der Waals surface area contributed by atoms with Gasteiger partial charge < -0.3 is 14.7 Å². The van der Waals surface area contributed by atoms with Crippen molar-refractivity contribution >= 4 is 23.7 Å². The van der Waals surface area contributed by atoms with Gasteiger partial charge in [-0.1, -0.05) is 30.3 Å². The summed E-state index contributed by atoms with van der Waals surface area (Å²) >= 11 is 0. The molecule has 0 bridgehead atoms. The van der Waals surface area contributed by atoms with E-state index in [0.29, 0.717) is 11.5 Å². The topological polar surface area (TPSA) is 110 Å². The van der Waals surface area contributed by atoms with E-state index < -0.39 is 17.5 Å². The highest BCUT2D eigenvalue weighted by molar-refractivity contribution is 5.84. The second kappa shape index (κ2) is 9.40. The van der Waals surface area contributed by atoms with Crippen LogP contribution < -0.4 is 10.2 Å². The molecule has 2 aliphatic rings. The van der Waals surface area contributed by atoms with Gasteiger partial charge in [0, 0.05) is 19.2 Å². The predicted octanol–water partition coefficient (Wildman–Crippen LogP) is 4.66. The molecule has 2 fully saturated rings. The van der Waals surface area contributed by atoms with Crippen LogP contribution in [-0.4, -0.2) is 45.0 Å². The van der Waals surface area contributed by atoms with Gasteiger partial charge in [0.15, 0.2) is 0 Å². The fourth-order valence-corrected chi connectivity index (χ4v) is 4.97. The van der Waals surface area contributed by atoms with Crippen molar-refractivity contribution in [2.75, 3.05) is 23.3 Å². The number of nitrogens with one attached hydrogen (secondary N) is 1. The van der Waals surface area contributed by atoms with Crippen LogP contribution >= 0.6 is 0 Å². The summed E-state index contributed by atoms with van der Waals surface area (Å²) in [7, 11) is 0. The molecule has 1 saturated carbocycles. The summed E-state index contributed by atoms with van der Waals surface area (Å²) in [4.78, 5) is 30.9. The molecule has 182 valence electrons. The SMILES string of the molecule is CC(OC(=O)Nc1ccnn1-c1ccc(N2CCC(C3(C(=O)O)CC3)CC2)nc1)c1ccccc1. The fraction of sp³-hybridized carbons (Fsp3) is 0.385. The van der Waals surface area contributed by atoms with Crippen LogP contribution in [0.5, 0.6) is 0 Å². The molecule has 3 aromatic rings. The molecule has 1 aromatic carbocycles. The first kappa shape index (κ1) is 22.9. The molecule has 1 amide bonds. The molecule has 9 nitrogen and oxygen atoms in total. The number of carbonyl (C=O) groups is 2. The Bertz CT molecular complexity index is 1180. The van der Waals surface area contributed by atoms with E-state index in [1.54, 1.807) is 23.1 Å². The molecule has 1 aliphatic heterocycles. The largest absolute Gasteiger partial charge is 0.481 e. The van der Waals surface area contributed by atoms with E-state index in [-0.39, 0.29) is 12.0 Å². The molecule has 1 atom stereocenters. The summed E-state index contributed by atoms with van der Waals surface area (Å²) in [5, 5.41) is 16.6. The van der Waals surface area contributed by atoms with E-state index in [1.165, 1.54) is 0 Å². The van der Waals surface area contributed by atoms with Gasteiger partial charge >= 0.3 is 12.1 Å². The monoisotopic (exact) mass is 475 g/mol. The van der Waals surface area contributed by atoms with Crippen LogP contribution in [0, 0.1) is 11.3 Å². The smallest absolute Gasteiger partial charge is 0.413 e. The van der Waals surface area contributed by atoms with Gasteiger partial charge in [-0.15, -0.1) is 0 Å². The highest BCUT2D eigenvalue weighted by atomic mass is 16.6. The lowest BCUT2D eigenvalue weighted by atomic mass is 9.81. The van der Waals surface area contributed by atoms with Gasteiger partial charge in [-0.25, -0.2) is 14.5 Å². The maximum Gasteiger partial charge on any atom is 0.413 e. The third-order valence-corrected chi connectivity index (χ3v) is 7.22. The summed E-state index contributed by atoms with van der Waals surface area (Å²) in [6, 6.07) is 15.1. The highest BCUT2D eigenvalue weighted by Crippen LogP contribution is 2.55. The van der Waals surface area contributed by atoms with Gasteiger partial charge in [-0.05, 0) is 56.2 Å². The molecule has 2 N–H and O–H groups in total. The van der Waals surface area contributed by atoms with Gasteiger partial charge in [0.2, 0.25) is 0 Å². The summed E-state index contributed by atoms with van der Waals surface area (Å²) in [6.45, 7) is 3.42. The molecule has 1 aliphatic carbocycles. The normalized spacial score (nSPS) is 18.0. The minimum absolute atomic E-state index is 0.248. The Labute approximate surface area is 203 Å². The van der Waals surface area contributed by atoms with E-state index >= 15 is 0 Å². The van der Waals surface area contributed by atoms with Crippen molar-refractivity contribution in [3.8, 4) is 5.69 Å². The van der Waals surface area contributed by atoms with Crippen LogP contribution in [-0.2, 0) is 9.53 Å². The maximum atomic E-state index is 12.4. The van der Waals surface area contributed by atoms with Crippen molar-refractivity contribution in [1.29, 1.82) is 0 Å². The number of pyridine rings is 1. The Morgan fingerprint density at radius 1 is 1.11 bits per heavy atom. The number of nitrogens with zero attached hydrogens (tertiary/aromatic N) is 4. The quantitative estimate of drug-likeness (QED) is 0.511. The minimum atomic E-state index is -0.638. The lowest BCUT2D eigenvalue weighted by Crippen LogP contribution is -2.39.